The lowest BCUT2D eigenvalue weighted by molar-refractivity contribution is -0.128. The van der Waals surface area contributed by atoms with Crippen LogP contribution < -0.4 is 0 Å². The first-order valence-corrected chi connectivity index (χ1v) is 10.3. The summed E-state index contributed by atoms with van der Waals surface area (Å²) < 4.78 is 5.66. The molecule has 1 amide bonds. The van der Waals surface area contributed by atoms with Gasteiger partial charge in [-0.1, -0.05) is 37.7 Å². The molecular weight excluding hydrogens is 362 g/mol. The topological polar surface area (TPSA) is 87.9 Å². The Morgan fingerprint density at radius 3 is 2.67 bits per heavy atom. The molecule has 0 saturated carbocycles. The largest absolute Gasteiger partial charge is 0.416 e. The third-order valence-electron chi connectivity index (χ3n) is 4.12. The molecule has 144 valence electrons. The number of fused-ring (bicyclic) bond motifs is 1. The molecule has 0 aliphatic carbocycles. The minimum Gasteiger partial charge on any atom is -0.416 e. The van der Waals surface area contributed by atoms with Crippen LogP contribution in [0, 0.1) is 0 Å². The fourth-order valence-electron chi connectivity index (χ4n) is 2.86. The van der Waals surface area contributed by atoms with Crippen molar-refractivity contribution in [3.05, 3.63) is 36.0 Å². The fourth-order valence-corrected chi connectivity index (χ4v) is 3.55. The molecule has 0 bridgehead atoms. The van der Waals surface area contributed by atoms with E-state index in [1.54, 1.807) is 0 Å². The summed E-state index contributed by atoms with van der Waals surface area (Å²) in [4.78, 5) is 22.0. The van der Waals surface area contributed by atoms with E-state index in [9.17, 15) is 4.79 Å². The van der Waals surface area contributed by atoms with Gasteiger partial charge in [-0.05, 0) is 25.0 Å². The molecule has 7 nitrogen and oxygen atoms in total. The average Bonchev–Trinajstić information content (AvgIpc) is 3.30. The van der Waals surface area contributed by atoms with Gasteiger partial charge < -0.3 is 14.3 Å². The summed E-state index contributed by atoms with van der Waals surface area (Å²) in [5, 5.41) is 8.56. The molecule has 2 aromatic heterocycles. The maximum atomic E-state index is 12.3. The van der Waals surface area contributed by atoms with E-state index in [2.05, 4.69) is 34.0 Å². The van der Waals surface area contributed by atoms with Crippen LogP contribution in [0.2, 0.25) is 0 Å². The minimum absolute atomic E-state index is 0.116. The lowest BCUT2D eigenvalue weighted by atomic mass is 10.3. The normalized spacial score (nSPS) is 11.2. The number of H-pyrrole nitrogens is 1. The van der Waals surface area contributed by atoms with Gasteiger partial charge in [-0.3, -0.25) is 4.79 Å². The first kappa shape index (κ1) is 19.4. The van der Waals surface area contributed by atoms with Crippen LogP contribution in [0.15, 0.2) is 33.9 Å². The monoisotopic (exact) mass is 387 g/mol. The van der Waals surface area contributed by atoms with Crippen molar-refractivity contribution < 1.29 is 9.21 Å². The Balaban J connectivity index is 1.50. The second-order valence-electron chi connectivity index (χ2n) is 6.33. The van der Waals surface area contributed by atoms with E-state index in [4.69, 9.17) is 4.42 Å². The number of hydrogen-bond acceptors (Lipinski definition) is 6. The third-order valence-corrected chi connectivity index (χ3v) is 4.92. The van der Waals surface area contributed by atoms with Gasteiger partial charge in [0.15, 0.2) is 0 Å². The van der Waals surface area contributed by atoms with Gasteiger partial charge in [-0.25, -0.2) is 4.98 Å². The number of amides is 1. The average molecular weight is 388 g/mol. The number of aromatic nitrogens is 4. The predicted molar refractivity (Wildman–Crippen MR) is 106 cm³/mol. The summed E-state index contributed by atoms with van der Waals surface area (Å²) in [6.07, 6.45) is 3.23. The molecule has 2 heterocycles. The van der Waals surface area contributed by atoms with Gasteiger partial charge in [0.25, 0.3) is 5.22 Å². The Labute approximate surface area is 162 Å². The molecule has 8 heteroatoms. The zero-order valence-electron chi connectivity index (χ0n) is 15.8. The van der Waals surface area contributed by atoms with Crippen molar-refractivity contribution in [1.82, 2.24) is 25.1 Å². The summed E-state index contributed by atoms with van der Waals surface area (Å²) >= 11 is 1.30. The van der Waals surface area contributed by atoms with Gasteiger partial charge in [0, 0.05) is 25.9 Å². The van der Waals surface area contributed by atoms with E-state index < -0.39 is 0 Å². The first-order chi connectivity index (χ1) is 13.2. The minimum atomic E-state index is 0.116. The van der Waals surface area contributed by atoms with E-state index in [1.165, 1.54) is 11.8 Å². The van der Waals surface area contributed by atoms with Crippen molar-refractivity contribution in [2.45, 2.75) is 44.8 Å². The maximum absolute atomic E-state index is 12.3. The number of rotatable bonds is 10. The summed E-state index contributed by atoms with van der Waals surface area (Å²) in [5.74, 6) is 1.90. The predicted octanol–water partition coefficient (Wildman–Crippen LogP) is 3.47. The SMILES string of the molecule is CCCN(CCC)C(=O)CSc1nnc(CCc2nc3ccccc3[nH]2)o1. The van der Waals surface area contributed by atoms with E-state index in [0.717, 1.165) is 42.8 Å². The Morgan fingerprint density at radius 1 is 1.15 bits per heavy atom. The summed E-state index contributed by atoms with van der Waals surface area (Å²) in [6.45, 7) is 5.74. The van der Waals surface area contributed by atoms with Gasteiger partial charge >= 0.3 is 0 Å². The van der Waals surface area contributed by atoms with Crippen LogP contribution in [0.25, 0.3) is 11.0 Å². The molecule has 0 fully saturated rings. The molecule has 0 radical (unpaired) electrons. The van der Waals surface area contributed by atoms with Crippen molar-refractivity contribution >= 4 is 28.7 Å². The zero-order valence-corrected chi connectivity index (χ0v) is 16.6. The van der Waals surface area contributed by atoms with Crippen molar-refractivity contribution in [3.8, 4) is 0 Å². The summed E-state index contributed by atoms with van der Waals surface area (Å²) in [5.41, 5.74) is 1.98. The number of carbonyl (C=O) groups is 1. The Morgan fingerprint density at radius 2 is 1.93 bits per heavy atom. The number of nitrogens with zero attached hydrogens (tertiary/aromatic N) is 4. The quantitative estimate of drug-likeness (QED) is 0.536. The number of thioether (sulfide) groups is 1. The summed E-state index contributed by atoms with van der Waals surface area (Å²) in [6, 6.07) is 7.94. The van der Waals surface area contributed by atoms with Crippen molar-refractivity contribution in [2.24, 2.45) is 0 Å². The van der Waals surface area contributed by atoms with Gasteiger partial charge in [0.05, 0.1) is 16.8 Å². The summed E-state index contributed by atoms with van der Waals surface area (Å²) in [7, 11) is 0. The molecule has 1 aromatic carbocycles. The van der Waals surface area contributed by atoms with Gasteiger partial charge in [0.2, 0.25) is 11.8 Å². The van der Waals surface area contributed by atoms with E-state index in [0.29, 0.717) is 29.7 Å². The Kier molecular flexibility index (Phi) is 6.86. The van der Waals surface area contributed by atoms with Crippen LogP contribution in [0.1, 0.15) is 38.4 Å². The van der Waals surface area contributed by atoms with E-state index >= 15 is 0 Å². The molecular formula is C19H25N5O2S. The standard InChI is InChI=1S/C19H25N5O2S/c1-3-11-24(12-4-2)18(25)13-27-19-23-22-17(26-19)10-9-16-20-14-7-5-6-8-15(14)21-16/h5-8H,3-4,9-13H2,1-2H3,(H,20,21). The Hall–Kier alpha value is -2.35. The molecule has 3 aromatic rings. The van der Waals surface area contributed by atoms with Crippen molar-refractivity contribution in [3.63, 3.8) is 0 Å². The number of aryl methyl sites for hydroxylation is 2. The second-order valence-corrected chi connectivity index (χ2v) is 7.26. The highest BCUT2D eigenvalue weighted by Crippen LogP contribution is 2.18. The number of hydrogen-bond donors (Lipinski definition) is 1. The maximum Gasteiger partial charge on any atom is 0.277 e. The highest BCUT2D eigenvalue weighted by atomic mass is 32.2. The molecule has 0 aliphatic rings. The van der Waals surface area contributed by atoms with Crippen molar-refractivity contribution in [1.29, 1.82) is 0 Å². The van der Waals surface area contributed by atoms with Gasteiger partial charge in [0.1, 0.15) is 5.82 Å². The van der Waals surface area contributed by atoms with Crippen LogP contribution in [-0.4, -0.2) is 49.8 Å². The first-order valence-electron chi connectivity index (χ1n) is 9.36. The highest BCUT2D eigenvalue weighted by Gasteiger charge is 2.15. The lowest BCUT2D eigenvalue weighted by Gasteiger charge is -2.20. The van der Waals surface area contributed by atoms with Gasteiger partial charge in [-0.2, -0.15) is 0 Å². The highest BCUT2D eigenvalue weighted by molar-refractivity contribution is 7.99. The van der Waals surface area contributed by atoms with Crippen LogP contribution in [-0.2, 0) is 17.6 Å². The van der Waals surface area contributed by atoms with Crippen LogP contribution >= 0.6 is 11.8 Å². The molecule has 3 rings (SSSR count). The van der Waals surface area contributed by atoms with Crippen LogP contribution in [0.4, 0.5) is 0 Å². The van der Waals surface area contributed by atoms with Crippen LogP contribution in [0.5, 0.6) is 0 Å². The zero-order chi connectivity index (χ0) is 19.1. The number of nitrogens with one attached hydrogen (secondary N) is 1. The number of carbonyl (C=O) groups excluding carboxylic acids is 1. The molecule has 0 unspecified atom stereocenters. The molecule has 0 aliphatic heterocycles. The van der Waals surface area contributed by atoms with E-state index in [1.807, 2.05) is 29.2 Å². The molecule has 27 heavy (non-hydrogen) atoms. The van der Waals surface area contributed by atoms with Crippen molar-refractivity contribution in [2.75, 3.05) is 18.8 Å². The third kappa shape index (κ3) is 5.32. The molecule has 0 atom stereocenters. The molecule has 0 saturated heterocycles. The molecule has 1 N–H and O–H groups in total. The van der Waals surface area contributed by atoms with Gasteiger partial charge in [-0.15, -0.1) is 10.2 Å². The smallest absolute Gasteiger partial charge is 0.277 e. The second kappa shape index (κ2) is 9.55. The number of aromatic amines is 1. The van der Waals surface area contributed by atoms with E-state index in [-0.39, 0.29) is 5.91 Å². The van der Waals surface area contributed by atoms with Crippen LogP contribution in [0.3, 0.4) is 0 Å². The molecule has 0 spiro atoms. The number of para-hydroxylation sites is 2. The Bertz CT molecular complexity index is 837. The fraction of sp³-hybridized carbons (Fsp3) is 0.474. The lowest BCUT2D eigenvalue weighted by Crippen LogP contribution is -2.33. The number of imidazole rings is 1. The number of benzene rings is 1.